The molecule has 0 amide bonds. The minimum absolute atomic E-state index is 0.0999. The van der Waals surface area contributed by atoms with Crippen molar-refractivity contribution in [3.63, 3.8) is 0 Å². The van der Waals surface area contributed by atoms with Crippen LogP contribution >= 0.6 is 22.7 Å². The van der Waals surface area contributed by atoms with Gasteiger partial charge < -0.3 is 4.90 Å². The molecule has 0 atom stereocenters. The zero-order chi connectivity index (χ0) is 45.8. The second-order valence-corrected chi connectivity index (χ2v) is 22.3. The van der Waals surface area contributed by atoms with Crippen LogP contribution in [0.2, 0.25) is 0 Å². The van der Waals surface area contributed by atoms with Crippen LogP contribution in [0.5, 0.6) is 0 Å². The lowest BCUT2D eigenvalue weighted by Crippen LogP contribution is -2.54. The molecule has 2 aliphatic carbocycles. The zero-order valence-electron chi connectivity index (χ0n) is 39.9. The van der Waals surface area contributed by atoms with Crippen LogP contribution in [0.25, 0.3) is 42.4 Å². The first-order chi connectivity index (χ1) is 31.7. The van der Waals surface area contributed by atoms with Crippen molar-refractivity contribution in [2.45, 2.75) is 80.1 Å². The van der Waals surface area contributed by atoms with E-state index in [9.17, 15) is 0 Å². The summed E-state index contributed by atoms with van der Waals surface area (Å²) in [6.07, 6.45) is 0. The molecule has 4 heteroatoms. The van der Waals surface area contributed by atoms with E-state index in [1.807, 2.05) is 22.7 Å². The number of hydrogen-bond donors (Lipinski definition) is 0. The fourth-order valence-electron chi connectivity index (χ4n) is 11.9. The lowest BCUT2D eigenvalue weighted by atomic mass is 9.37. The Morgan fingerprint density at radius 2 is 0.788 bits per heavy atom. The molecule has 0 unspecified atom stereocenters. The number of anilines is 3. The summed E-state index contributed by atoms with van der Waals surface area (Å²) in [5, 5.41) is 0. The molecule has 2 heterocycles. The van der Waals surface area contributed by atoms with E-state index in [-0.39, 0.29) is 17.5 Å². The standard InChI is InChI=1S/C62H56BNS2/c1-37-31-39(3)59(40(4)32-37)63(60-41(5)33-38(2)34-42(60)6)58-30-29-57(66-58)56-28-27-55(65-56)43-19-21-44(22-20-43)64(45-23-25-49-47-15-11-13-17-51(47)61(7,8)53(49)35-45)46-24-26-50-48-16-12-14-18-52(48)62(9,10)54(50)36-46/h11-36H,1-10H3. The molecule has 0 saturated heterocycles. The van der Waals surface area contributed by atoms with Crippen molar-refractivity contribution in [3.05, 3.63) is 213 Å². The molecule has 9 aromatic rings. The normalized spacial score (nSPS) is 13.8. The van der Waals surface area contributed by atoms with E-state index in [2.05, 4.69) is 232 Å². The predicted octanol–water partition coefficient (Wildman–Crippen LogP) is 15.6. The van der Waals surface area contributed by atoms with E-state index >= 15 is 0 Å². The van der Waals surface area contributed by atoms with Crippen molar-refractivity contribution in [1.29, 1.82) is 0 Å². The zero-order valence-corrected chi connectivity index (χ0v) is 41.5. The summed E-state index contributed by atoms with van der Waals surface area (Å²) < 4.78 is 1.40. The van der Waals surface area contributed by atoms with Gasteiger partial charge in [-0.15, -0.1) is 22.7 Å². The Morgan fingerprint density at radius 1 is 0.379 bits per heavy atom. The number of rotatable bonds is 8. The van der Waals surface area contributed by atoms with Gasteiger partial charge in [-0.1, -0.05) is 175 Å². The quantitative estimate of drug-likeness (QED) is 0.137. The molecule has 11 rings (SSSR count). The summed E-state index contributed by atoms with van der Waals surface area (Å²) in [7, 11) is 0. The smallest absolute Gasteiger partial charge is 0.255 e. The number of aryl methyl sites for hydroxylation is 6. The number of benzene rings is 7. The number of thiophene rings is 2. The van der Waals surface area contributed by atoms with Gasteiger partial charge >= 0.3 is 0 Å². The van der Waals surface area contributed by atoms with Gasteiger partial charge in [0.05, 0.1) is 0 Å². The Labute approximate surface area is 400 Å². The molecule has 0 fully saturated rings. The molecule has 0 spiro atoms. The fourth-order valence-corrected chi connectivity index (χ4v) is 14.1. The highest BCUT2D eigenvalue weighted by atomic mass is 32.1. The highest BCUT2D eigenvalue weighted by Crippen LogP contribution is 2.53. The summed E-state index contributed by atoms with van der Waals surface area (Å²) in [5.41, 5.74) is 26.4. The van der Waals surface area contributed by atoms with E-state index in [1.165, 1.54) is 125 Å². The number of hydrogen-bond acceptors (Lipinski definition) is 3. The summed E-state index contributed by atoms with van der Waals surface area (Å²) >= 11 is 3.84. The Hall–Kier alpha value is -6.20. The van der Waals surface area contributed by atoms with Gasteiger partial charge in [0, 0.05) is 42.5 Å². The molecular weight excluding hydrogens is 834 g/mol. The van der Waals surface area contributed by atoms with Gasteiger partial charge in [-0.05, 0) is 151 Å². The first-order valence-electron chi connectivity index (χ1n) is 23.4. The van der Waals surface area contributed by atoms with Crippen molar-refractivity contribution >= 4 is 62.2 Å². The Bertz CT molecular complexity index is 3180. The van der Waals surface area contributed by atoms with Gasteiger partial charge in [0.2, 0.25) is 0 Å². The van der Waals surface area contributed by atoms with E-state index in [1.54, 1.807) is 0 Å². The second-order valence-electron chi connectivity index (χ2n) is 20.1. The summed E-state index contributed by atoms with van der Waals surface area (Å²) in [4.78, 5) is 6.38. The maximum atomic E-state index is 2.47. The SMILES string of the molecule is Cc1cc(C)c(B(c2ccc(-c3ccc(-c4ccc(N(c5ccc6c(c5)C(C)(C)c5ccccc5-6)c5ccc6c(c5)C(C)(C)c5ccccc5-6)cc4)s3)s2)c2c(C)cc(C)cc2C)c(C)c1. The van der Waals surface area contributed by atoms with Gasteiger partial charge in [-0.3, -0.25) is 0 Å². The maximum absolute atomic E-state index is 2.47. The van der Waals surface area contributed by atoms with Crippen LogP contribution in [0.3, 0.4) is 0 Å². The van der Waals surface area contributed by atoms with E-state index in [0.717, 1.165) is 5.69 Å². The van der Waals surface area contributed by atoms with Crippen LogP contribution < -0.4 is 20.6 Å². The molecule has 2 aliphatic rings. The minimum Gasteiger partial charge on any atom is -0.310 e. The monoisotopic (exact) mass is 889 g/mol. The third kappa shape index (κ3) is 6.78. The van der Waals surface area contributed by atoms with Crippen LogP contribution in [-0.4, -0.2) is 6.71 Å². The minimum atomic E-state index is -0.0999. The molecule has 0 bridgehead atoms. The van der Waals surface area contributed by atoms with Crippen LogP contribution in [0.1, 0.15) is 83.3 Å². The number of fused-ring (bicyclic) bond motifs is 6. The average Bonchev–Trinajstić information content (AvgIpc) is 4.07. The van der Waals surface area contributed by atoms with Crippen LogP contribution in [-0.2, 0) is 10.8 Å². The first kappa shape index (κ1) is 42.4. The van der Waals surface area contributed by atoms with Gasteiger partial charge in [0.1, 0.15) is 0 Å². The van der Waals surface area contributed by atoms with Crippen molar-refractivity contribution in [1.82, 2.24) is 0 Å². The van der Waals surface area contributed by atoms with Gasteiger partial charge in [0.15, 0.2) is 0 Å². The molecule has 324 valence electrons. The number of nitrogens with zero attached hydrogens (tertiary/aromatic N) is 1. The lowest BCUT2D eigenvalue weighted by molar-refractivity contribution is 0.660. The fraction of sp³-hybridized carbons (Fsp3) is 0.194. The predicted molar refractivity (Wildman–Crippen MR) is 289 cm³/mol. The Morgan fingerprint density at radius 3 is 1.29 bits per heavy atom. The molecule has 7 aromatic carbocycles. The molecule has 0 saturated carbocycles. The maximum Gasteiger partial charge on any atom is 0.255 e. The average molecular weight is 890 g/mol. The van der Waals surface area contributed by atoms with Gasteiger partial charge in [-0.2, -0.15) is 0 Å². The highest BCUT2D eigenvalue weighted by Gasteiger charge is 2.38. The van der Waals surface area contributed by atoms with Gasteiger partial charge in [0.25, 0.3) is 6.71 Å². The molecule has 1 nitrogen and oxygen atoms in total. The van der Waals surface area contributed by atoms with Crippen LogP contribution in [0, 0.1) is 41.5 Å². The third-order valence-electron chi connectivity index (χ3n) is 14.9. The second kappa shape index (κ2) is 15.7. The Kier molecular flexibility index (Phi) is 10.1. The topological polar surface area (TPSA) is 3.24 Å². The molecule has 66 heavy (non-hydrogen) atoms. The van der Waals surface area contributed by atoms with Crippen LogP contribution in [0.4, 0.5) is 17.1 Å². The van der Waals surface area contributed by atoms with E-state index in [0.29, 0.717) is 0 Å². The molecule has 0 radical (unpaired) electrons. The molecule has 0 aliphatic heterocycles. The van der Waals surface area contributed by atoms with Crippen molar-refractivity contribution in [2.75, 3.05) is 4.90 Å². The van der Waals surface area contributed by atoms with Crippen molar-refractivity contribution in [3.8, 4) is 42.4 Å². The summed E-state index contributed by atoms with van der Waals surface area (Å²) in [6.45, 7) is 23.3. The molecular formula is C62H56BNS2. The van der Waals surface area contributed by atoms with Gasteiger partial charge in [-0.25, -0.2) is 0 Å². The molecule has 2 aromatic heterocycles. The lowest BCUT2D eigenvalue weighted by Gasteiger charge is -2.30. The van der Waals surface area contributed by atoms with Crippen molar-refractivity contribution < 1.29 is 0 Å². The van der Waals surface area contributed by atoms with E-state index < -0.39 is 0 Å². The summed E-state index contributed by atoms with van der Waals surface area (Å²) in [6, 6.07) is 60.2. The molecule has 0 N–H and O–H groups in total. The van der Waals surface area contributed by atoms with Crippen molar-refractivity contribution in [2.24, 2.45) is 0 Å². The first-order valence-corrected chi connectivity index (χ1v) is 25.1. The Balaban J connectivity index is 0.960. The largest absolute Gasteiger partial charge is 0.310 e. The highest BCUT2D eigenvalue weighted by molar-refractivity contribution is 7.31. The third-order valence-corrected chi connectivity index (χ3v) is 17.4. The van der Waals surface area contributed by atoms with Crippen LogP contribution in [0.15, 0.2) is 158 Å². The summed E-state index contributed by atoms with van der Waals surface area (Å²) in [5.74, 6) is 0. The van der Waals surface area contributed by atoms with E-state index in [4.69, 9.17) is 0 Å².